The van der Waals surface area contributed by atoms with Crippen LogP contribution in [0.4, 0.5) is 18.3 Å². The Morgan fingerprint density at radius 3 is 2.52 bits per heavy atom. The van der Waals surface area contributed by atoms with Crippen molar-refractivity contribution in [2.24, 2.45) is 0 Å². The van der Waals surface area contributed by atoms with Crippen LogP contribution in [-0.4, -0.2) is 16.1 Å². The van der Waals surface area contributed by atoms with E-state index in [-0.39, 0.29) is 11.2 Å². The molecule has 0 spiro atoms. The van der Waals surface area contributed by atoms with Gasteiger partial charge in [-0.2, -0.15) is 13.2 Å². The normalized spacial score (nSPS) is 11.7. The Morgan fingerprint density at radius 2 is 2.00 bits per heavy atom. The standard InChI is InChI=1S/C13H14F3N3OS/c1-8(2)20-11-4-3-9(5-17-11)6-18-12-19-7-10(21-12)13(14,15)16/h3-5,7-8H,6H2,1-2H3,(H,18,19). The fraction of sp³-hybridized carbons (Fsp3) is 0.385. The first-order chi connectivity index (χ1) is 9.84. The smallest absolute Gasteiger partial charge is 0.427 e. The van der Waals surface area contributed by atoms with Crippen molar-refractivity contribution in [2.75, 3.05) is 5.32 Å². The molecular weight excluding hydrogens is 303 g/mol. The number of rotatable bonds is 5. The average molecular weight is 317 g/mol. The van der Waals surface area contributed by atoms with Crippen LogP contribution in [0.5, 0.6) is 5.88 Å². The van der Waals surface area contributed by atoms with E-state index in [1.165, 1.54) is 0 Å². The summed E-state index contributed by atoms with van der Waals surface area (Å²) in [5, 5.41) is 3.07. The minimum Gasteiger partial charge on any atom is -0.475 e. The number of ether oxygens (including phenoxy) is 1. The van der Waals surface area contributed by atoms with Crippen LogP contribution >= 0.6 is 11.3 Å². The number of pyridine rings is 1. The summed E-state index contributed by atoms with van der Waals surface area (Å²) < 4.78 is 42.7. The lowest BCUT2D eigenvalue weighted by Crippen LogP contribution is -2.07. The Kier molecular flexibility index (Phi) is 4.66. The number of nitrogens with zero attached hydrogens (tertiary/aromatic N) is 2. The van der Waals surface area contributed by atoms with Crippen molar-refractivity contribution in [3.63, 3.8) is 0 Å². The summed E-state index contributed by atoms with van der Waals surface area (Å²) in [6.07, 6.45) is -1.87. The highest BCUT2D eigenvalue weighted by Gasteiger charge is 2.33. The van der Waals surface area contributed by atoms with E-state index in [4.69, 9.17) is 4.74 Å². The molecule has 21 heavy (non-hydrogen) atoms. The first-order valence-corrected chi connectivity index (χ1v) is 7.04. The molecule has 114 valence electrons. The Labute approximate surface area is 124 Å². The number of halogens is 3. The molecule has 1 N–H and O–H groups in total. The zero-order valence-electron chi connectivity index (χ0n) is 11.4. The zero-order valence-corrected chi connectivity index (χ0v) is 12.3. The second-order valence-corrected chi connectivity index (χ2v) is 5.58. The SMILES string of the molecule is CC(C)Oc1ccc(CNc2ncc(C(F)(F)F)s2)cn1. The van der Waals surface area contributed by atoms with Crippen LogP contribution in [0.3, 0.4) is 0 Å². The Balaban J connectivity index is 1.92. The van der Waals surface area contributed by atoms with E-state index in [2.05, 4.69) is 15.3 Å². The Bertz CT molecular complexity index is 581. The maximum Gasteiger partial charge on any atom is 0.427 e. The molecule has 0 aromatic carbocycles. The maximum absolute atomic E-state index is 12.4. The molecule has 4 nitrogen and oxygen atoms in total. The predicted octanol–water partition coefficient (Wildman–Crippen LogP) is 3.96. The Morgan fingerprint density at radius 1 is 1.24 bits per heavy atom. The lowest BCUT2D eigenvalue weighted by atomic mass is 10.3. The van der Waals surface area contributed by atoms with E-state index in [0.29, 0.717) is 23.8 Å². The van der Waals surface area contributed by atoms with Crippen LogP contribution in [0.25, 0.3) is 0 Å². The lowest BCUT2D eigenvalue weighted by molar-refractivity contribution is -0.134. The number of alkyl halides is 3. The Hall–Kier alpha value is -1.83. The monoisotopic (exact) mass is 317 g/mol. The maximum atomic E-state index is 12.4. The third-order valence-electron chi connectivity index (χ3n) is 2.38. The van der Waals surface area contributed by atoms with E-state index in [9.17, 15) is 13.2 Å². The molecule has 0 radical (unpaired) electrons. The van der Waals surface area contributed by atoms with Gasteiger partial charge in [-0.15, -0.1) is 0 Å². The number of anilines is 1. The summed E-state index contributed by atoms with van der Waals surface area (Å²) in [7, 11) is 0. The van der Waals surface area contributed by atoms with Gasteiger partial charge in [-0.05, 0) is 19.4 Å². The molecule has 0 aliphatic carbocycles. The molecule has 0 saturated heterocycles. The van der Waals surface area contributed by atoms with Gasteiger partial charge >= 0.3 is 6.18 Å². The third kappa shape index (κ3) is 4.59. The summed E-state index contributed by atoms with van der Waals surface area (Å²) >= 11 is 0.578. The molecule has 2 rings (SSSR count). The van der Waals surface area contributed by atoms with Crippen LogP contribution in [0.2, 0.25) is 0 Å². The molecule has 0 aliphatic rings. The highest BCUT2D eigenvalue weighted by Crippen LogP contribution is 2.35. The van der Waals surface area contributed by atoms with E-state index in [1.807, 2.05) is 13.8 Å². The van der Waals surface area contributed by atoms with Gasteiger partial charge in [0.2, 0.25) is 5.88 Å². The summed E-state index contributed by atoms with van der Waals surface area (Å²) in [6.45, 7) is 4.15. The number of nitrogens with one attached hydrogen (secondary N) is 1. The van der Waals surface area contributed by atoms with Crippen molar-refractivity contribution in [1.29, 1.82) is 0 Å². The molecule has 8 heteroatoms. The van der Waals surface area contributed by atoms with Gasteiger partial charge in [-0.25, -0.2) is 9.97 Å². The van der Waals surface area contributed by atoms with Gasteiger partial charge < -0.3 is 10.1 Å². The van der Waals surface area contributed by atoms with Crippen LogP contribution in [0.1, 0.15) is 24.3 Å². The van der Waals surface area contributed by atoms with E-state index < -0.39 is 11.1 Å². The third-order valence-corrected chi connectivity index (χ3v) is 3.38. The highest BCUT2D eigenvalue weighted by molar-refractivity contribution is 7.15. The fourth-order valence-electron chi connectivity index (χ4n) is 1.49. The minimum absolute atomic E-state index is 0.0394. The summed E-state index contributed by atoms with van der Waals surface area (Å²) in [4.78, 5) is 7.09. The number of hydrogen-bond donors (Lipinski definition) is 1. The molecule has 2 aromatic heterocycles. The minimum atomic E-state index is -4.35. The number of thiazole rings is 1. The van der Waals surface area contributed by atoms with Crippen molar-refractivity contribution in [3.8, 4) is 5.88 Å². The molecule has 0 saturated carbocycles. The second-order valence-electron chi connectivity index (χ2n) is 4.55. The van der Waals surface area contributed by atoms with Crippen molar-refractivity contribution < 1.29 is 17.9 Å². The second kappa shape index (κ2) is 6.30. The number of hydrogen-bond acceptors (Lipinski definition) is 5. The molecule has 0 unspecified atom stereocenters. The van der Waals surface area contributed by atoms with Crippen LogP contribution < -0.4 is 10.1 Å². The first kappa shape index (κ1) is 15.6. The largest absolute Gasteiger partial charge is 0.475 e. The van der Waals surface area contributed by atoms with E-state index >= 15 is 0 Å². The molecule has 0 bridgehead atoms. The zero-order chi connectivity index (χ0) is 15.5. The first-order valence-electron chi connectivity index (χ1n) is 6.23. The summed E-state index contributed by atoms with van der Waals surface area (Å²) in [6, 6.07) is 3.52. The molecule has 0 fully saturated rings. The van der Waals surface area contributed by atoms with Crippen molar-refractivity contribution in [2.45, 2.75) is 32.7 Å². The van der Waals surface area contributed by atoms with E-state index in [1.54, 1.807) is 18.3 Å². The summed E-state index contributed by atoms with van der Waals surface area (Å²) in [5.41, 5.74) is 0.829. The van der Waals surface area contributed by atoms with Gasteiger partial charge in [-0.3, -0.25) is 0 Å². The van der Waals surface area contributed by atoms with E-state index in [0.717, 1.165) is 11.8 Å². The van der Waals surface area contributed by atoms with Gasteiger partial charge in [0.1, 0.15) is 4.88 Å². The topological polar surface area (TPSA) is 47.0 Å². The summed E-state index contributed by atoms with van der Waals surface area (Å²) in [5.74, 6) is 0.516. The fourth-order valence-corrected chi connectivity index (χ4v) is 2.17. The van der Waals surface area contributed by atoms with Crippen molar-refractivity contribution >= 4 is 16.5 Å². The molecular formula is C13H14F3N3OS. The molecule has 0 atom stereocenters. The molecule has 0 amide bonds. The quantitative estimate of drug-likeness (QED) is 0.907. The van der Waals surface area contributed by atoms with Gasteiger partial charge in [0.25, 0.3) is 0 Å². The van der Waals surface area contributed by atoms with Gasteiger partial charge in [-0.1, -0.05) is 17.4 Å². The lowest BCUT2D eigenvalue weighted by Gasteiger charge is -2.09. The van der Waals surface area contributed by atoms with Gasteiger partial charge in [0.05, 0.1) is 12.3 Å². The molecule has 2 aromatic rings. The highest BCUT2D eigenvalue weighted by atomic mass is 32.1. The van der Waals surface area contributed by atoms with Crippen LogP contribution in [0.15, 0.2) is 24.5 Å². The number of aromatic nitrogens is 2. The van der Waals surface area contributed by atoms with Crippen LogP contribution in [-0.2, 0) is 12.7 Å². The predicted molar refractivity (Wildman–Crippen MR) is 74.4 cm³/mol. The van der Waals surface area contributed by atoms with Crippen molar-refractivity contribution in [1.82, 2.24) is 9.97 Å². The van der Waals surface area contributed by atoms with Gasteiger partial charge in [0.15, 0.2) is 5.13 Å². The van der Waals surface area contributed by atoms with Gasteiger partial charge in [0, 0.05) is 18.8 Å². The molecule has 0 aliphatic heterocycles. The van der Waals surface area contributed by atoms with Crippen LogP contribution in [0, 0.1) is 0 Å². The molecule has 2 heterocycles. The van der Waals surface area contributed by atoms with Crippen molar-refractivity contribution in [3.05, 3.63) is 35.0 Å². The average Bonchev–Trinajstić information content (AvgIpc) is 2.86.